The molecule has 0 amide bonds. The highest BCUT2D eigenvalue weighted by molar-refractivity contribution is 9.10. The minimum Gasteiger partial charge on any atom is -0.496 e. The lowest BCUT2D eigenvalue weighted by atomic mass is 9.81. The maximum atomic E-state index is 5.55. The van der Waals surface area contributed by atoms with Gasteiger partial charge in [0.1, 0.15) is 11.5 Å². The van der Waals surface area contributed by atoms with Gasteiger partial charge in [-0.05, 0) is 59.3 Å². The van der Waals surface area contributed by atoms with Crippen LogP contribution < -0.4 is 14.8 Å². The highest BCUT2D eigenvalue weighted by atomic mass is 79.9. The summed E-state index contributed by atoms with van der Waals surface area (Å²) in [7, 11) is 3.41. The molecule has 1 N–H and O–H groups in total. The molecule has 0 aromatic heterocycles. The SMILES string of the molecule is COc1cc(C(C)(C)CCNC2CC2)c(OC)cc1Br. The minimum atomic E-state index is 0.0429. The Kier molecular flexibility index (Phi) is 4.97. The average molecular weight is 342 g/mol. The minimum absolute atomic E-state index is 0.0429. The standard InChI is InChI=1S/C16H24BrNO2/c1-16(2,7-8-18-11-5-6-11)12-9-15(20-4)13(17)10-14(12)19-3/h9-11,18H,5-8H2,1-4H3. The number of rotatable bonds is 7. The van der Waals surface area contributed by atoms with E-state index in [1.54, 1.807) is 14.2 Å². The van der Waals surface area contributed by atoms with Gasteiger partial charge in [-0.2, -0.15) is 0 Å². The third kappa shape index (κ3) is 3.67. The van der Waals surface area contributed by atoms with Gasteiger partial charge in [0.25, 0.3) is 0 Å². The van der Waals surface area contributed by atoms with E-state index >= 15 is 0 Å². The monoisotopic (exact) mass is 341 g/mol. The molecular formula is C16H24BrNO2. The third-order valence-electron chi connectivity index (χ3n) is 3.96. The van der Waals surface area contributed by atoms with Crippen LogP contribution in [0.2, 0.25) is 0 Å². The second-order valence-corrected chi connectivity index (χ2v) is 6.90. The van der Waals surface area contributed by atoms with Gasteiger partial charge in [0.15, 0.2) is 0 Å². The molecule has 1 saturated carbocycles. The first-order valence-electron chi connectivity index (χ1n) is 7.13. The van der Waals surface area contributed by atoms with Gasteiger partial charge in [-0.25, -0.2) is 0 Å². The second kappa shape index (κ2) is 6.35. The Morgan fingerprint density at radius 3 is 2.40 bits per heavy atom. The summed E-state index contributed by atoms with van der Waals surface area (Å²) < 4.78 is 11.9. The van der Waals surface area contributed by atoms with E-state index in [0.29, 0.717) is 0 Å². The summed E-state index contributed by atoms with van der Waals surface area (Å²) in [6, 6.07) is 4.83. The van der Waals surface area contributed by atoms with Crippen LogP contribution in [0, 0.1) is 0 Å². The molecule has 0 unspecified atom stereocenters. The Labute approximate surface area is 130 Å². The number of halogens is 1. The van der Waals surface area contributed by atoms with Crippen LogP contribution in [0.5, 0.6) is 11.5 Å². The number of nitrogens with one attached hydrogen (secondary N) is 1. The van der Waals surface area contributed by atoms with Crippen molar-refractivity contribution >= 4 is 15.9 Å². The number of hydrogen-bond acceptors (Lipinski definition) is 3. The van der Waals surface area contributed by atoms with Gasteiger partial charge in [-0.1, -0.05) is 13.8 Å². The van der Waals surface area contributed by atoms with E-state index in [0.717, 1.165) is 35.0 Å². The zero-order valence-electron chi connectivity index (χ0n) is 12.8. The van der Waals surface area contributed by atoms with Crippen molar-refractivity contribution in [1.29, 1.82) is 0 Å². The summed E-state index contributed by atoms with van der Waals surface area (Å²) in [5.41, 5.74) is 1.24. The number of hydrogen-bond donors (Lipinski definition) is 1. The molecule has 3 nitrogen and oxygen atoms in total. The van der Waals surface area contributed by atoms with Crippen molar-refractivity contribution in [2.24, 2.45) is 0 Å². The summed E-state index contributed by atoms with van der Waals surface area (Å²) in [5.74, 6) is 1.76. The highest BCUT2D eigenvalue weighted by Gasteiger charge is 2.27. The summed E-state index contributed by atoms with van der Waals surface area (Å²) >= 11 is 3.51. The van der Waals surface area contributed by atoms with Crippen LogP contribution in [-0.2, 0) is 5.41 Å². The van der Waals surface area contributed by atoms with Crippen LogP contribution in [0.1, 0.15) is 38.7 Å². The molecule has 0 heterocycles. The number of benzene rings is 1. The molecule has 1 aromatic carbocycles. The van der Waals surface area contributed by atoms with Gasteiger partial charge in [0, 0.05) is 11.6 Å². The highest BCUT2D eigenvalue weighted by Crippen LogP contribution is 2.40. The first kappa shape index (κ1) is 15.6. The van der Waals surface area contributed by atoms with Gasteiger partial charge < -0.3 is 14.8 Å². The lowest BCUT2D eigenvalue weighted by Gasteiger charge is -2.28. The molecule has 0 aliphatic heterocycles. The molecule has 0 bridgehead atoms. The Hall–Kier alpha value is -0.740. The van der Waals surface area contributed by atoms with Crippen molar-refractivity contribution < 1.29 is 9.47 Å². The van der Waals surface area contributed by atoms with Gasteiger partial charge in [0.05, 0.1) is 18.7 Å². The van der Waals surface area contributed by atoms with Crippen LogP contribution in [0.4, 0.5) is 0 Å². The van der Waals surface area contributed by atoms with Crippen molar-refractivity contribution in [2.75, 3.05) is 20.8 Å². The lowest BCUT2D eigenvalue weighted by molar-refractivity contribution is 0.373. The fraction of sp³-hybridized carbons (Fsp3) is 0.625. The van der Waals surface area contributed by atoms with Crippen molar-refractivity contribution in [3.63, 3.8) is 0 Å². The molecule has 0 saturated heterocycles. The molecule has 1 aliphatic rings. The zero-order valence-corrected chi connectivity index (χ0v) is 14.3. The molecule has 2 rings (SSSR count). The summed E-state index contributed by atoms with van der Waals surface area (Å²) in [6.07, 6.45) is 3.73. The largest absolute Gasteiger partial charge is 0.496 e. The van der Waals surface area contributed by atoms with Crippen molar-refractivity contribution in [1.82, 2.24) is 5.32 Å². The molecule has 0 atom stereocenters. The molecule has 20 heavy (non-hydrogen) atoms. The number of methoxy groups -OCH3 is 2. The van der Waals surface area contributed by atoms with E-state index in [1.807, 2.05) is 6.07 Å². The van der Waals surface area contributed by atoms with Crippen molar-refractivity contribution in [3.8, 4) is 11.5 Å². The van der Waals surface area contributed by atoms with Crippen LogP contribution in [0.3, 0.4) is 0 Å². The quantitative estimate of drug-likeness (QED) is 0.816. The molecule has 4 heteroatoms. The van der Waals surface area contributed by atoms with Crippen LogP contribution in [0.25, 0.3) is 0 Å². The van der Waals surface area contributed by atoms with Crippen molar-refractivity contribution in [2.45, 2.75) is 44.6 Å². The Morgan fingerprint density at radius 2 is 1.85 bits per heavy atom. The second-order valence-electron chi connectivity index (χ2n) is 6.05. The molecule has 0 spiro atoms. The molecule has 1 aliphatic carbocycles. The summed E-state index contributed by atoms with van der Waals surface area (Å²) in [4.78, 5) is 0. The van der Waals surface area contributed by atoms with E-state index in [2.05, 4.69) is 41.2 Å². The van der Waals surface area contributed by atoms with E-state index in [-0.39, 0.29) is 5.41 Å². The summed E-state index contributed by atoms with van der Waals surface area (Å²) in [5, 5.41) is 3.58. The predicted molar refractivity (Wildman–Crippen MR) is 85.9 cm³/mol. The van der Waals surface area contributed by atoms with Crippen LogP contribution in [-0.4, -0.2) is 26.8 Å². The van der Waals surface area contributed by atoms with Crippen LogP contribution >= 0.6 is 15.9 Å². The Morgan fingerprint density at radius 1 is 1.20 bits per heavy atom. The number of ether oxygens (including phenoxy) is 2. The molecule has 1 fully saturated rings. The molecule has 0 radical (unpaired) electrons. The van der Waals surface area contributed by atoms with Gasteiger partial charge in [-0.15, -0.1) is 0 Å². The molecule has 112 valence electrons. The molecule has 1 aromatic rings. The van der Waals surface area contributed by atoms with E-state index < -0.39 is 0 Å². The topological polar surface area (TPSA) is 30.5 Å². The smallest absolute Gasteiger partial charge is 0.133 e. The Bertz CT molecular complexity index is 470. The van der Waals surface area contributed by atoms with E-state index in [4.69, 9.17) is 9.47 Å². The van der Waals surface area contributed by atoms with Crippen molar-refractivity contribution in [3.05, 3.63) is 22.2 Å². The lowest BCUT2D eigenvalue weighted by Crippen LogP contribution is -2.27. The van der Waals surface area contributed by atoms with Gasteiger partial charge >= 0.3 is 0 Å². The predicted octanol–water partition coefficient (Wildman–Crippen LogP) is 3.89. The first-order valence-corrected chi connectivity index (χ1v) is 7.92. The maximum Gasteiger partial charge on any atom is 0.133 e. The normalized spacial score (nSPS) is 15.2. The first-order chi connectivity index (χ1) is 9.47. The zero-order chi connectivity index (χ0) is 14.8. The molecular weight excluding hydrogens is 318 g/mol. The van der Waals surface area contributed by atoms with Gasteiger partial charge in [-0.3, -0.25) is 0 Å². The third-order valence-corrected chi connectivity index (χ3v) is 4.58. The maximum absolute atomic E-state index is 5.55. The fourth-order valence-corrected chi connectivity index (χ4v) is 2.88. The van der Waals surface area contributed by atoms with E-state index in [9.17, 15) is 0 Å². The van der Waals surface area contributed by atoms with Crippen LogP contribution in [0.15, 0.2) is 16.6 Å². The van der Waals surface area contributed by atoms with Gasteiger partial charge in [0.2, 0.25) is 0 Å². The fourth-order valence-electron chi connectivity index (χ4n) is 2.40. The average Bonchev–Trinajstić information content (AvgIpc) is 3.22. The van der Waals surface area contributed by atoms with E-state index in [1.165, 1.54) is 18.4 Å². The summed E-state index contributed by atoms with van der Waals surface area (Å²) in [6.45, 7) is 5.55. The Balaban J connectivity index is 2.18.